The Hall–Kier alpha value is -2.42. The number of aromatic nitrogens is 3. The fraction of sp³-hybridized carbons (Fsp3) is 0.500. The third kappa shape index (κ3) is 5.86. The number of nitrogens with zero attached hydrogens (tertiary/aromatic N) is 3. The molecule has 0 aromatic carbocycles. The van der Waals surface area contributed by atoms with E-state index in [9.17, 15) is 14.7 Å². The van der Waals surface area contributed by atoms with Gasteiger partial charge in [0.15, 0.2) is 5.69 Å². The molecule has 136 valence electrons. The highest BCUT2D eigenvalue weighted by Crippen LogP contribution is 2.11. The van der Waals surface area contributed by atoms with Crippen LogP contribution >= 0.6 is 11.3 Å². The third-order valence-electron chi connectivity index (χ3n) is 3.26. The van der Waals surface area contributed by atoms with Gasteiger partial charge < -0.3 is 15.2 Å². The highest BCUT2D eigenvalue weighted by atomic mass is 32.1. The van der Waals surface area contributed by atoms with Crippen LogP contribution in [0.1, 0.15) is 42.5 Å². The van der Waals surface area contributed by atoms with Crippen molar-refractivity contribution in [2.24, 2.45) is 0 Å². The molecular weight excluding hydrogens is 344 g/mol. The molecule has 2 aromatic rings. The molecule has 2 heterocycles. The number of hydrogen-bond donors (Lipinski definition) is 2. The van der Waals surface area contributed by atoms with Gasteiger partial charge in [-0.25, -0.2) is 14.3 Å². The van der Waals surface area contributed by atoms with Gasteiger partial charge in [0, 0.05) is 19.5 Å². The number of carbonyl (C=O) groups is 2. The predicted octanol–water partition coefficient (Wildman–Crippen LogP) is 2.35. The fourth-order valence-corrected chi connectivity index (χ4v) is 2.90. The van der Waals surface area contributed by atoms with Crippen LogP contribution in [-0.2, 0) is 24.1 Å². The zero-order valence-electron chi connectivity index (χ0n) is 14.5. The van der Waals surface area contributed by atoms with Gasteiger partial charge in [0.1, 0.15) is 5.60 Å². The van der Waals surface area contributed by atoms with Crippen molar-refractivity contribution in [3.05, 3.63) is 33.8 Å². The number of carbonyl (C=O) groups excluding carboxylic acids is 1. The lowest BCUT2D eigenvalue weighted by Crippen LogP contribution is -2.34. The summed E-state index contributed by atoms with van der Waals surface area (Å²) in [4.78, 5) is 23.0. The molecule has 0 aliphatic rings. The van der Waals surface area contributed by atoms with Gasteiger partial charge in [0.05, 0.1) is 5.69 Å². The maximum atomic E-state index is 11.7. The summed E-state index contributed by atoms with van der Waals surface area (Å²) in [5.41, 5.74) is 0.977. The lowest BCUT2D eigenvalue weighted by atomic mass is 10.2. The number of amides is 1. The minimum Gasteiger partial charge on any atom is -0.476 e. The van der Waals surface area contributed by atoms with E-state index in [1.165, 1.54) is 0 Å². The molecule has 0 unspecified atom stereocenters. The van der Waals surface area contributed by atoms with Crippen LogP contribution in [0, 0.1) is 0 Å². The molecule has 2 N–H and O–H groups in total. The summed E-state index contributed by atoms with van der Waals surface area (Å²) in [6.07, 6.45) is 0.498. The van der Waals surface area contributed by atoms with Crippen molar-refractivity contribution in [1.82, 2.24) is 20.3 Å². The summed E-state index contributed by atoms with van der Waals surface area (Å²) < 4.78 is 6.74. The molecule has 0 saturated heterocycles. The number of aryl methyl sites for hydroxylation is 2. The van der Waals surface area contributed by atoms with Gasteiger partial charge in [-0.3, -0.25) is 0 Å². The normalized spacial score (nSPS) is 11.3. The second-order valence-electron chi connectivity index (χ2n) is 6.47. The van der Waals surface area contributed by atoms with Crippen LogP contribution in [0.3, 0.4) is 0 Å². The number of alkyl carbamates (subject to hydrolysis) is 1. The third-order valence-corrected chi connectivity index (χ3v) is 3.99. The molecule has 0 atom stereocenters. The standard InChI is InChI=1S/C16H22N4O4S/c1-16(2,3)24-15(23)17-7-4-12-13(14(21)22)18-19-20(12)8-5-11-6-9-25-10-11/h6,9-10H,4-5,7-8H2,1-3H3,(H,17,23)(H,21,22). The Morgan fingerprint density at radius 1 is 1.36 bits per heavy atom. The van der Waals surface area contributed by atoms with Crippen LogP contribution in [0.5, 0.6) is 0 Å². The summed E-state index contributed by atoms with van der Waals surface area (Å²) in [7, 11) is 0. The lowest BCUT2D eigenvalue weighted by molar-refractivity contribution is 0.0528. The molecule has 0 aliphatic heterocycles. The first-order chi connectivity index (χ1) is 11.8. The van der Waals surface area contributed by atoms with E-state index in [1.807, 2.05) is 16.8 Å². The molecular formula is C16H22N4O4S. The molecule has 9 heteroatoms. The number of thiophene rings is 1. The minimum atomic E-state index is -1.13. The fourth-order valence-electron chi connectivity index (χ4n) is 2.19. The first-order valence-corrected chi connectivity index (χ1v) is 8.84. The maximum Gasteiger partial charge on any atom is 0.407 e. The molecule has 8 nitrogen and oxygen atoms in total. The number of rotatable bonds is 7. The van der Waals surface area contributed by atoms with E-state index < -0.39 is 17.7 Å². The second-order valence-corrected chi connectivity index (χ2v) is 7.25. The smallest absolute Gasteiger partial charge is 0.407 e. The average molecular weight is 366 g/mol. The minimum absolute atomic E-state index is 0.0868. The molecule has 25 heavy (non-hydrogen) atoms. The molecule has 1 amide bonds. The van der Waals surface area contributed by atoms with Crippen molar-refractivity contribution in [1.29, 1.82) is 0 Å². The van der Waals surface area contributed by atoms with E-state index in [2.05, 4.69) is 15.6 Å². The van der Waals surface area contributed by atoms with Crippen LogP contribution in [-0.4, -0.2) is 44.3 Å². The second kappa shape index (κ2) is 8.11. The first-order valence-electron chi connectivity index (χ1n) is 7.90. The molecule has 2 aromatic heterocycles. The van der Waals surface area contributed by atoms with Gasteiger partial charge in [0.25, 0.3) is 0 Å². The zero-order valence-corrected chi connectivity index (χ0v) is 15.3. The van der Waals surface area contributed by atoms with Gasteiger partial charge >= 0.3 is 12.1 Å². The number of hydrogen-bond acceptors (Lipinski definition) is 6. The van der Waals surface area contributed by atoms with Gasteiger partial charge in [-0.1, -0.05) is 5.21 Å². The molecule has 0 saturated carbocycles. The first kappa shape index (κ1) is 18.9. The molecule has 0 bridgehead atoms. The van der Waals surface area contributed by atoms with Gasteiger partial charge in [-0.15, -0.1) is 5.10 Å². The van der Waals surface area contributed by atoms with E-state index in [0.29, 0.717) is 18.7 Å². The monoisotopic (exact) mass is 366 g/mol. The number of carboxylic acids is 1. The van der Waals surface area contributed by atoms with Gasteiger partial charge in [-0.05, 0) is 49.6 Å². The Kier molecular flexibility index (Phi) is 6.13. The Balaban J connectivity index is 1.98. The van der Waals surface area contributed by atoms with Crippen LogP contribution in [0.4, 0.5) is 4.79 Å². The summed E-state index contributed by atoms with van der Waals surface area (Å²) in [6, 6.07) is 2.02. The average Bonchev–Trinajstić information content (AvgIpc) is 3.12. The zero-order chi connectivity index (χ0) is 18.4. The Bertz CT molecular complexity index is 719. The van der Waals surface area contributed by atoms with Crippen LogP contribution in [0.15, 0.2) is 16.8 Å². The summed E-state index contributed by atoms with van der Waals surface area (Å²) in [5, 5.41) is 23.6. The molecule has 2 rings (SSSR count). The molecule has 0 spiro atoms. The van der Waals surface area contributed by atoms with Crippen LogP contribution in [0.25, 0.3) is 0 Å². The number of nitrogens with one attached hydrogen (secondary N) is 1. The quantitative estimate of drug-likeness (QED) is 0.779. The Morgan fingerprint density at radius 3 is 2.72 bits per heavy atom. The number of ether oxygens (including phenoxy) is 1. The van der Waals surface area contributed by atoms with Crippen molar-refractivity contribution in [3.8, 4) is 0 Å². The molecule has 0 fully saturated rings. The summed E-state index contributed by atoms with van der Waals surface area (Å²) in [5.74, 6) is -1.13. The van der Waals surface area contributed by atoms with Crippen LogP contribution < -0.4 is 5.32 Å². The van der Waals surface area contributed by atoms with E-state index in [0.717, 1.165) is 12.0 Å². The highest BCUT2D eigenvalue weighted by molar-refractivity contribution is 7.07. The van der Waals surface area contributed by atoms with Crippen molar-refractivity contribution >= 4 is 23.4 Å². The van der Waals surface area contributed by atoms with Crippen molar-refractivity contribution in [2.75, 3.05) is 6.54 Å². The SMILES string of the molecule is CC(C)(C)OC(=O)NCCc1c(C(=O)O)nnn1CCc1ccsc1. The van der Waals surface area contributed by atoms with E-state index in [-0.39, 0.29) is 12.2 Å². The van der Waals surface area contributed by atoms with Crippen LogP contribution in [0.2, 0.25) is 0 Å². The molecule has 0 aliphatic carbocycles. The predicted molar refractivity (Wildman–Crippen MR) is 92.9 cm³/mol. The summed E-state index contributed by atoms with van der Waals surface area (Å²) in [6.45, 7) is 6.09. The summed E-state index contributed by atoms with van der Waals surface area (Å²) >= 11 is 1.61. The maximum absolute atomic E-state index is 11.7. The highest BCUT2D eigenvalue weighted by Gasteiger charge is 2.20. The molecule has 0 radical (unpaired) electrons. The topological polar surface area (TPSA) is 106 Å². The van der Waals surface area contributed by atoms with Gasteiger partial charge in [0.2, 0.25) is 0 Å². The Labute approximate surface area is 149 Å². The van der Waals surface area contributed by atoms with Crippen molar-refractivity contribution in [2.45, 2.75) is 45.8 Å². The Morgan fingerprint density at radius 2 is 2.12 bits per heavy atom. The number of carboxylic acid groups (broad SMARTS) is 1. The van der Waals surface area contributed by atoms with Crippen molar-refractivity contribution < 1.29 is 19.4 Å². The van der Waals surface area contributed by atoms with E-state index in [1.54, 1.807) is 36.8 Å². The lowest BCUT2D eigenvalue weighted by Gasteiger charge is -2.19. The van der Waals surface area contributed by atoms with Gasteiger partial charge in [-0.2, -0.15) is 11.3 Å². The van der Waals surface area contributed by atoms with Crippen molar-refractivity contribution in [3.63, 3.8) is 0 Å². The van der Waals surface area contributed by atoms with E-state index in [4.69, 9.17) is 4.74 Å². The number of aromatic carboxylic acids is 1. The van der Waals surface area contributed by atoms with E-state index >= 15 is 0 Å². The largest absolute Gasteiger partial charge is 0.476 e.